The van der Waals surface area contributed by atoms with E-state index in [1.54, 1.807) is 12.3 Å². The van der Waals surface area contributed by atoms with E-state index in [0.29, 0.717) is 30.1 Å². The molecular weight excluding hydrogens is 282 g/mol. The molecule has 1 fully saturated rings. The van der Waals surface area contributed by atoms with Gasteiger partial charge in [0.05, 0.1) is 24.5 Å². The molecule has 3 aromatic rings. The third kappa shape index (κ3) is 2.33. The van der Waals surface area contributed by atoms with Crippen molar-refractivity contribution in [2.24, 2.45) is 0 Å². The van der Waals surface area contributed by atoms with E-state index < -0.39 is 0 Å². The molecule has 1 aliphatic heterocycles. The molecule has 22 heavy (non-hydrogen) atoms. The maximum Gasteiger partial charge on any atom is 0.241 e. The first-order valence-corrected chi connectivity index (χ1v) is 7.30. The predicted molar refractivity (Wildman–Crippen MR) is 78.0 cm³/mol. The van der Waals surface area contributed by atoms with Crippen LogP contribution in [0.4, 0.5) is 0 Å². The number of hydrogen-bond acceptors (Lipinski definition) is 6. The molecule has 7 nitrogen and oxygen atoms in total. The van der Waals surface area contributed by atoms with Crippen LogP contribution in [0.25, 0.3) is 11.6 Å². The lowest BCUT2D eigenvalue weighted by Crippen LogP contribution is -2.47. The van der Waals surface area contributed by atoms with Crippen LogP contribution in [0, 0.1) is 13.8 Å². The summed E-state index contributed by atoms with van der Waals surface area (Å²) in [6, 6.07) is 6.16. The van der Waals surface area contributed by atoms with Gasteiger partial charge in [-0.25, -0.2) is 0 Å². The maximum atomic E-state index is 5.28. The van der Waals surface area contributed by atoms with Gasteiger partial charge in [-0.05, 0) is 32.0 Å². The van der Waals surface area contributed by atoms with Gasteiger partial charge in [0.1, 0.15) is 0 Å². The Morgan fingerprint density at radius 2 is 2.18 bits per heavy atom. The Morgan fingerprint density at radius 3 is 2.86 bits per heavy atom. The second kappa shape index (κ2) is 5.10. The zero-order chi connectivity index (χ0) is 15.1. The van der Waals surface area contributed by atoms with Crippen molar-refractivity contribution in [3.8, 4) is 11.6 Å². The van der Waals surface area contributed by atoms with Gasteiger partial charge in [-0.1, -0.05) is 5.16 Å². The quantitative estimate of drug-likeness (QED) is 0.735. The molecule has 0 radical (unpaired) electrons. The summed E-state index contributed by atoms with van der Waals surface area (Å²) >= 11 is 0. The lowest BCUT2D eigenvalue weighted by Gasteiger charge is -2.38. The van der Waals surface area contributed by atoms with Crippen molar-refractivity contribution in [2.45, 2.75) is 26.4 Å². The molecule has 0 saturated carbocycles. The first-order valence-electron chi connectivity index (χ1n) is 7.30. The van der Waals surface area contributed by atoms with E-state index in [2.05, 4.69) is 37.8 Å². The Kier molecular flexibility index (Phi) is 3.07. The van der Waals surface area contributed by atoms with Crippen LogP contribution in [-0.4, -0.2) is 37.9 Å². The minimum Gasteiger partial charge on any atom is -0.461 e. The molecule has 114 valence electrons. The maximum absolute atomic E-state index is 5.28. The van der Waals surface area contributed by atoms with Crippen LogP contribution in [0.2, 0.25) is 0 Å². The van der Waals surface area contributed by atoms with Gasteiger partial charge in [0.2, 0.25) is 11.7 Å². The molecule has 1 aliphatic rings. The number of likely N-dealkylation sites (tertiary alicyclic amines) is 1. The van der Waals surface area contributed by atoms with E-state index in [-0.39, 0.29) is 0 Å². The number of hydrogen-bond donors (Lipinski definition) is 0. The molecule has 0 atom stereocenters. The number of furan rings is 1. The van der Waals surface area contributed by atoms with Crippen LogP contribution < -0.4 is 0 Å². The summed E-state index contributed by atoms with van der Waals surface area (Å²) in [5.74, 6) is 1.73. The van der Waals surface area contributed by atoms with E-state index >= 15 is 0 Å². The highest BCUT2D eigenvalue weighted by molar-refractivity contribution is 5.44. The van der Waals surface area contributed by atoms with E-state index in [1.165, 1.54) is 5.69 Å². The summed E-state index contributed by atoms with van der Waals surface area (Å²) in [6.07, 6.45) is 1.60. The molecule has 0 bridgehead atoms. The second-order valence-corrected chi connectivity index (χ2v) is 5.71. The molecular formula is C15H17N5O2. The van der Waals surface area contributed by atoms with Crippen LogP contribution in [0.1, 0.15) is 23.3 Å². The average Bonchev–Trinajstić information content (AvgIpc) is 3.14. The molecule has 0 unspecified atom stereocenters. The summed E-state index contributed by atoms with van der Waals surface area (Å²) in [4.78, 5) is 6.62. The van der Waals surface area contributed by atoms with Crippen molar-refractivity contribution in [3.63, 3.8) is 0 Å². The van der Waals surface area contributed by atoms with E-state index in [9.17, 15) is 0 Å². The summed E-state index contributed by atoms with van der Waals surface area (Å²) in [6.45, 7) is 6.66. The van der Waals surface area contributed by atoms with Crippen LogP contribution in [0.5, 0.6) is 0 Å². The molecule has 7 heteroatoms. The van der Waals surface area contributed by atoms with E-state index in [1.807, 2.05) is 13.0 Å². The van der Waals surface area contributed by atoms with Crippen molar-refractivity contribution in [3.05, 3.63) is 41.7 Å². The molecule has 4 heterocycles. The third-order valence-corrected chi connectivity index (χ3v) is 3.90. The van der Waals surface area contributed by atoms with Gasteiger partial charge in [-0.15, -0.1) is 0 Å². The highest BCUT2D eigenvalue weighted by Crippen LogP contribution is 2.24. The summed E-state index contributed by atoms with van der Waals surface area (Å²) in [5, 5.41) is 8.48. The lowest BCUT2D eigenvalue weighted by molar-refractivity contribution is 0.0777. The molecule has 3 aromatic heterocycles. The fraction of sp³-hybridized carbons (Fsp3) is 0.400. The summed E-state index contributed by atoms with van der Waals surface area (Å²) < 4.78 is 12.6. The highest BCUT2D eigenvalue weighted by Gasteiger charge is 2.31. The minimum absolute atomic E-state index is 0.432. The van der Waals surface area contributed by atoms with Gasteiger partial charge in [0, 0.05) is 18.8 Å². The van der Waals surface area contributed by atoms with Crippen molar-refractivity contribution in [1.29, 1.82) is 0 Å². The minimum atomic E-state index is 0.432. The Hall–Kier alpha value is -2.41. The number of rotatable bonds is 4. The van der Waals surface area contributed by atoms with Crippen molar-refractivity contribution in [2.75, 3.05) is 13.1 Å². The monoisotopic (exact) mass is 299 g/mol. The fourth-order valence-electron chi connectivity index (χ4n) is 2.86. The standard InChI is InChI=1S/C15H17N5O2/c1-10-6-11(2)20(17-10)12-7-19(8-12)9-14-16-15(18-22-14)13-4-3-5-21-13/h3-6,12H,7-9H2,1-2H3. The van der Waals surface area contributed by atoms with E-state index in [4.69, 9.17) is 8.94 Å². The van der Waals surface area contributed by atoms with Gasteiger partial charge in [0.25, 0.3) is 0 Å². The van der Waals surface area contributed by atoms with E-state index in [0.717, 1.165) is 18.8 Å². The van der Waals surface area contributed by atoms with Crippen molar-refractivity contribution in [1.82, 2.24) is 24.8 Å². The molecule has 0 aliphatic carbocycles. The number of nitrogens with zero attached hydrogens (tertiary/aromatic N) is 5. The SMILES string of the molecule is Cc1cc(C)n(C2CN(Cc3nc(-c4ccco4)no3)C2)n1. The molecule has 0 amide bonds. The van der Waals surface area contributed by atoms with Crippen LogP contribution >= 0.6 is 0 Å². The van der Waals surface area contributed by atoms with Gasteiger partial charge in [-0.2, -0.15) is 10.1 Å². The largest absolute Gasteiger partial charge is 0.461 e. The van der Waals surface area contributed by atoms with Crippen molar-refractivity contribution >= 4 is 0 Å². The molecule has 4 rings (SSSR count). The van der Waals surface area contributed by atoms with Crippen LogP contribution in [0.3, 0.4) is 0 Å². The fourth-order valence-corrected chi connectivity index (χ4v) is 2.86. The topological polar surface area (TPSA) is 73.1 Å². The van der Waals surface area contributed by atoms with Gasteiger partial charge in [0.15, 0.2) is 5.76 Å². The Labute approximate surface area is 127 Å². The first-order chi connectivity index (χ1) is 10.7. The highest BCUT2D eigenvalue weighted by atomic mass is 16.5. The predicted octanol–water partition coefficient (Wildman–Crippen LogP) is 2.20. The zero-order valence-electron chi connectivity index (χ0n) is 12.6. The Balaban J connectivity index is 1.37. The van der Waals surface area contributed by atoms with Crippen molar-refractivity contribution < 1.29 is 8.94 Å². The Morgan fingerprint density at radius 1 is 1.32 bits per heavy atom. The smallest absolute Gasteiger partial charge is 0.241 e. The normalized spacial score (nSPS) is 16.1. The zero-order valence-corrected chi connectivity index (χ0v) is 12.6. The Bertz CT molecular complexity index is 768. The van der Waals surface area contributed by atoms with Gasteiger partial charge >= 0.3 is 0 Å². The first kappa shape index (κ1) is 13.3. The van der Waals surface area contributed by atoms with Gasteiger partial charge in [-0.3, -0.25) is 9.58 Å². The van der Waals surface area contributed by atoms with Gasteiger partial charge < -0.3 is 8.94 Å². The number of aromatic nitrogens is 4. The molecule has 0 N–H and O–H groups in total. The second-order valence-electron chi connectivity index (χ2n) is 5.71. The number of aryl methyl sites for hydroxylation is 2. The average molecular weight is 299 g/mol. The molecule has 0 spiro atoms. The molecule has 0 aromatic carbocycles. The molecule has 1 saturated heterocycles. The third-order valence-electron chi connectivity index (χ3n) is 3.90. The van der Waals surface area contributed by atoms with Crippen LogP contribution in [0.15, 0.2) is 33.4 Å². The summed E-state index contributed by atoms with van der Waals surface area (Å²) in [5.41, 5.74) is 2.27. The van der Waals surface area contributed by atoms with Crippen LogP contribution in [-0.2, 0) is 6.54 Å². The summed E-state index contributed by atoms with van der Waals surface area (Å²) in [7, 11) is 0. The lowest BCUT2D eigenvalue weighted by atomic mass is 10.1.